The fraction of sp³-hybridized carbons (Fsp3) is 0.609. The van der Waals surface area contributed by atoms with Crippen LogP contribution in [0.15, 0.2) is 41.4 Å². The van der Waals surface area contributed by atoms with E-state index in [1.54, 1.807) is 0 Å². The second kappa shape index (κ2) is 12.4. The van der Waals surface area contributed by atoms with E-state index in [2.05, 4.69) is 34.5 Å². The normalized spacial score (nSPS) is 19.6. The van der Waals surface area contributed by atoms with Gasteiger partial charge in [0.05, 0.1) is 6.10 Å². The molecule has 4 nitrogen and oxygen atoms in total. The molecule has 1 saturated carbocycles. The molecular weight excluding hydrogens is 416 g/mol. The van der Waals surface area contributed by atoms with Crippen molar-refractivity contribution in [1.82, 2.24) is 9.80 Å². The first kappa shape index (κ1) is 23.1. The average Bonchev–Trinajstić information content (AvgIpc) is 2.71. The number of rotatable bonds is 11. The van der Waals surface area contributed by atoms with E-state index in [9.17, 15) is 4.79 Å². The van der Waals surface area contributed by atoms with Gasteiger partial charge in [0.25, 0.3) is 5.91 Å². The van der Waals surface area contributed by atoms with Gasteiger partial charge < -0.3 is 14.5 Å². The van der Waals surface area contributed by atoms with E-state index in [1.165, 1.54) is 12.8 Å². The minimum Gasteiger partial charge on any atom is -0.378 e. The topological polar surface area (TPSA) is 32.8 Å². The molecule has 0 radical (unpaired) electrons. The van der Waals surface area contributed by atoms with Crippen molar-refractivity contribution in [3.63, 3.8) is 0 Å². The summed E-state index contributed by atoms with van der Waals surface area (Å²) in [6.07, 6.45) is 9.99. The molecule has 1 amide bonds. The van der Waals surface area contributed by atoms with Crippen LogP contribution in [0.5, 0.6) is 0 Å². The van der Waals surface area contributed by atoms with Crippen molar-refractivity contribution in [3.05, 3.63) is 47.0 Å². The Kier molecular flexibility index (Phi) is 10.2. The van der Waals surface area contributed by atoms with Gasteiger partial charge in [-0.05, 0) is 82.8 Å². The van der Waals surface area contributed by atoms with Gasteiger partial charge in [-0.3, -0.25) is 4.79 Å². The molecule has 28 heavy (non-hydrogen) atoms. The summed E-state index contributed by atoms with van der Waals surface area (Å²) in [4.78, 5) is 16.9. The zero-order valence-electron chi connectivity index (χ0n) is 17.4. The number of carbonyl (C=O) groups is 1. The molecule has 0 aromatic heterocycles. The van der Waals surface area contributed by atoms with Crippen LogP contribution in [-0.2, 0) is 4.74 Å². The van der Waals surface area contributed by atoms with Gasteiger partial charge in [-0.15, -0.1) is 6.58 Å². The third-order valence-corrected chi connectivity index (χ3v) is 6.11. The maximum Gasteiger partial charge on any atom is 0.253 e. The molecule has 1 aliphatic carbocycles. The lowest BCUT2D eigenvalue weighted by atomic mass is 9.91. The molecule has 0 atom stereocenters. The van der Waals surface area contributed by atoms with Crippen LogP contribution in [0.2, 0.25) is 0 Å². The highest BCUT2D eigenvalue weighted by molar-refractivity contribution is 9.10. The molecule has 156 valence electrons. The SMILES string of the molecule is C=CCN(C)CCCCCO[C@H]1CC[C@H](N(C)C(=O)c2ccc(Br)cc2)CC1. The van der Waals surface area contributed by atoms with E-state index in [4.69, 9.17) is 4.74 Å². The smallest absolute Gasteiger partial charge is 0.253 e. The quantitative estimate of drug-likeness (QED) is 0.345. The van der Waals surface area contributed by atoms with Gasteiger partial charge in [-0.1, -0.05) is 22.0 Å². The Morgan fingerprint density at radius 2 is 1.82 bits per heavy atom. The number of amides is 1. The zero-order chi connectivity index (χ0) is 20.4. The summed E-state index contributed by atoms with van der Waals surface area (Å²) in [6.45, 7) is 6.70. The maximum absolute atomic E-state index is 12.7. The molecule has 0 saturated heterocycles. The zero-order valence-corrected chi connectivity index (χ0v) is 19.0. The molecule has 5 heteroatoms. The Balaban J connectivity index is 1.61. The molecule has 1 fully saturated rings. The molecule has 1 aliphatic rings. The minimum atomic E-state index is 0.110. The van der Waals surface area contributed by atoms with Crippen molar-refractivity contribution in [3.8, 4) is 0 Å². The molecule has 0 N–H and O–H groups in total. The van der Waals surface area contributed by atoms with Gasteiger partial charge in [0.1, 0.15) is 0 Å². The molecule has 0 heterocycles. The fourth-order valence-electron chi connectivity index (χ4n) is 3.78. The highest BCUT2D eigenvalue weighted by Gasteiger charge is 2.27. The van der Waals surface area contributed by atoms with Crippen molar-refractivity contribution in [1.29, 1.82) is 0 Å². The summed E-state index contributed by atoms with van der Waals surface area (Å²) in [5.41, 5.74) is 0.753. The number of hydrogen-bond donors (Lipinski definition) is 0. The van der Waals surface area contributed by atoms with Crippen LogP contribution in [-0.4, -0.2) is 61.6 Å². The van der Waals surface area contributed by atoms with Crippen molar-refractivity contribution in [2.75, 3.05) is 33.8 Å². The Bertz CT molecular complexity index is 597. The largest absolute Gasteiger partial charge is 0.378 e. The minimum absolute atomic E-state index is 0.110. The summed E-state index contributed by atoms with van der Waals surface area (Å²) in [6, 6.07) is 7.92. The predicted octanol–water partition coefficient (Wildman–Crippen LogP) is 5.14. The van der Waals surface area contributed by atoms with Crippen LogP contribution in [0.3, 0.4) is 0 Å². The van der Waals surface area contributed by atoms with Crippen LogP contribution in [0.25, 0.3) is 0 Å². The number of ether oxygens (including phenoxy) is 1. The van der Waals surface area contributed by atoms with Gasteiger partial charge in [0.2, 0.25) is 0 Å². The first-order valence-electron chi connectivity index (χ1n) is 10.4. The van der Waals surface area contributed by atoms with E-state index in [0.717, 1.165) is 61.8 Å². The number of unbranched alkanes of at least 4 members (excludes halogenated alkanes) is 2. The van der Waals surface area contributed by atoms with Crippen molar-refractivity contribution < 1.29 is 9.53 Å². The standard InChI is InChI=1S/C23H35BrN2O2/c1-4-16-25(2)17-6-5-7-18-28-22-14-12-21(13-15-22)26(3)23(27)19-8-10-20(24)11-9-19/h4,8-11,21-22H,1,5-7,12-18H2,2-3H3/t21-,22-. The molecule has 0 spiro atoms. The third-order valence-electron chi connectivity index (χ3n) is 5.58. The van der Waals surface area contributed by atoms with Gasteiger partial charge in [-0.2, -0.15) is 0 Å². The van der Waals surface area contributed by atoms with Gasteiger partial charge in [0.15, 0.2) is 0 Å². The second-order valence-electron chi connectivity index (χ2n) is 7.84. The van der Waals surface area contributed by atoms with Crippen LogP contribution < -0.4 is 0 Å². The number of likely N-dealkylation sites (N-methyl/N-ethyl adjacent to an activating group) is 1. The summed E-state index contributed by atoms with van der Waals surface area (Å²) < 4.78 is 7.08. The lowest BCUT2D eigenvalue weighted by molar-refractivity contribution is 0.00902. The summed E-state index contributed by atoms with van der Waals surface area (Å²) in [7, 11) is 4.06. The molecular formula is C23H35BrN2O2. The number of benzene rings is 1. The van der Waals surface area contributed by atoms with E-state index in [-0.39, 0.29) is 5.91 Å². The van der Waals surface area contributed by atoms with Crippen LogP contribution >= 0.6 is 15.9 Å². The molecule has 1 aromatic rings. The van der Waals surface area contributed by atoms with Crippen molar-refractivity contribution >= 4 is 21.8 Å². The lowest BCUT2D eigenvalue weighted by Crippen LogP contribution is -2.40. The lowest BCUT2D eigenvalue weighted by Gasteiger charge is -2.34. The Labute approximate surface area is 179 Å². The van der Waals surface area contributed by atoms with E-state index in [0.29, 0.717) is 12.1 Å². The summed E-state index contributed by atoms with van der Waals surface area (Å²) >= 11 is 3.42. The fourth-order valence-corrected chi connectivity index (χ4v) is 4.05. The van der Waals surface area contributed by atoms with E-state index in [1.807, 2.05) is 42.3 Å². The third kappa shape index (κ3) is 7.69. The van der Waals surface area contributed by atoms with E-state index >= 15 is 0 Å². The molecule has 0 unspecified atom stereocenters. The van der Waals surface area contributed by atoms with Gasteiger partial charge in [0, 0.05) is 36.3 Å². The highest BCUT2D eigenvalue weighted by atomic mass is 79.9. The Hall–Kier alpha value is -1.17. The number of carbonyl (C=O) groups excluding carboxylic acids is 1. The maximum atomic E-state index is 12.7. The second-order valence-corrected chi connectivity index (χ2v) is 8.75. The number of halogens is 1. The van der Waals surface area contributed by atoms with Crippen molar-refractivity contribution in [2.24, 2.45) is 0 Å². The molecule has 2 rings (SSSR count). The summed E-state index contributed by atoms with van der Waals surface area (Å²) in [5.74, 6) is 0.110. The average molecular weight is 451 g/mol. The molecule has 1 aromatic carbocycles. The van der Waals surface area contributed by atoms with Crippen LogP contribution in [0.4, 0.5) is 0 Å². The molecule has 0 bridgehead atoms. The Morgan fingerprint density at radius 1 is 1.14 bits per heavy atom. The Morgan fingerprint density at radius 3 is 2.46 bits per heavy atom. The van der Waals surface area contributed by atoms with Crippen LogP contribution in [0, 0.1) is 0 Å². The summed E-state index contributed by atoms with van der Waals surface area (Å²) in [5, 5.41) is 0. The van der Waals surface area contributed by atoms with Gasteiger partial charge >= 0.3 is 0 Å². The number of hydrogen-bond acceptors (Lipinski definition) is 3. The van der Waals surface area contributed by atoms with Crippen molar-refractivity contribution in [2.45, 2.75) is 57.1 Å². The first-order valence-corrected chi connectivity index (χ1v) is 11.2. The highest BCUT2D eigenvalue weighted by Crippen LogP contribution is 2.26. The molecule has 0 aliphatic heterocycles. The number of nitrogens with zero attached hydrogens (tertiary/aromatic N) is 2. The first-order chi connectivity index (χ1) is 13.5. The van der Waals surface area contributed by atoms with Gasteiger partial charge in [-0.25, -0.2) is 0 Å². The van der Waals surface area contributed by atoms with Crippen LogP contribution in [0.1, 0.15) is 55.3 Å². The van der Waals surface area contributed by atoms with E-state index < -0.39 is 0 Å². The monoisotopic (exact) mass is 450 g/mol. The predicted molar refractivity (Wildman–Crippen MR) is 120 cm³/mol.